The van der Waals surface area contributed by atoms with E-state index in [4.69, 9.17) is 21.4 Å². The van der Waals surface area contributed by atoms with Gasteiger partial charge in [-0.05, 0) is 13.8 Å². The Hall–Kier alpha value is -2.29. The van der Waals surface area contributed by atoms with Crippen LogP contribution < -0.4 is 0 Å². The maximum atomic E-state index is 12.9. The zero-order chi connectivity index (χ0) is 37.4. The number of rotatable bonds is 8. The second-order valence-electron chi connectivity index (χ2n) is 10.4. The lowest BCUT2D eigenvalue weighted by atomic mass is 9.93. The van der Waals surface area contributed by atoms with Crippen LogP contribution in [-0.2, 0) is 33.3 Å². The molecule has 4 atom stereocenters. The van der Waals surface area contributed by atoms with Crippen LogP contribution in [-0.4, -0.2) is 91.2 Å². The molecule has 0 bridgehead atoms. The molecule has 47 heavy (non-hydrogen) atoms. The largest absolute Gasteiger partial charge is 0.461 e. The highest BCUT2D eigenvalue weighted by molar-refractivity contribution is 6.18. The zero-order valence-corrected chi connectivity index (χ0v) is 25.9. The minimum atomic E-state index is -5.62. The molecule has 4 unspecified atom stereocenters. The van der Waals surface area contributed by atoms with E-state index in [-0.39, 0.29) is 24.8 Å². The Labute approximate surface area is 265 Å². The van der Waals surface area contributed by atoms with Crippen LogP contribution in [0.4, 0.5) is 52.7 Å². The molecule has 2 fully saturated rings. The van der Waals surface area contributed by atoms with Gasteiger partial charge in [-0.15, -0.1) is 11.6 Å². The van der Waals surface area contributed by atoms with Crippen molar-refractivity contribution in [2.24, 2.45) is 11.8 Å². The first-order valence-corrected chi connectivity index (χ1v) is 13.7. The number of esters is 2. The number of carbonyl (C=O) groups excluding carboxylic acids is 2. The van der Waals surface area contributed by atoms with Gasteiger partial charge in [0.1, 0.15) is 13.2 Å². The molecule has 0 aliphatic carbocycles. The normalized spacial score (nSPS) is 23.9. The predicted molar refractivity (Wildman–Crippen MR) is 137 cm³/mol. The van der Waals surface area contributed by atoms with Gasteiger partial charge in [-0.25, -0.2) is 9.59 Å². The Morgan fingerprint density at radius 3 is 1.36 bits per heavy atom. The smallest absolute Gasteiger partial charge is 0.426 e. The van der Waals surface area contributed by atoms with E-state index in [1.165, 1.54) is 6.92 Å². The third-order valence-corrected chi connectivity index (χ3v) is 6.40. The van der Waals surface area contributed by atoms with E-state index < -0.39 is 85.7 Å². The van der Waals surface area contributed by atoms with Crippen LogP contribution >= 0.6 is 11.6 Å². The van der Waals surface area contributed by atoms with Gasteiger partial charge in [-0.2, -0.15) is 52.7 Å². The van der Waals surface area contributed by atoms with Gasteiger partial charge in [0.2, 0.25) is 0 Å². The van der Waals surface area contributed by atoms with Crippen molar-refractivity contribution in [3.8, 4) is 0 Å². The van der Waals surface area contributed by atoms with Gasteiger partial charge in [0.25, 0.3) is 11.2 Å². The molecule has 2 heterocycles. The highest BCUT2D eigenvalue weighted by Gasteiger charge is 2.77. The fourth-order valence-electron chi connectivity index (χ4n) is 3.76. The number of hydrogen-bond acceptors (Lipinski definition) is 8. The molecule has 0 aromatic rings. The summed E-state index contributed by atoms with van der Waals surface area (Å²) in [4.78, 5) is 21.6. The molecule has 2 saturated heterocycles. The van der Waals surface area contributed by atoms with Gasteiger partial charge < -0.3 is 28.8 Å². The first-order chi connectivity index (χ1) is 21.0. The summed E-state index contributed by atoms with van der Waals surface area (Å²) in [6.45, 7) is 11.4. The summed E-state index contributed by atoms with van der Waals surface area (Å²) in [6, 6.07) is 0. The van der Waals surface area contributed by atoms with Gasteiger partial charge in [0.15, 0.2) is 12.6 Å². The summed E-state index contributed by atoms with van der Waals surface area (Å²) < 4.78 is 173. The van der Waals surface area contributed by atoms with Crippen LogP contribution in [0.1, 0.15) is 40.5 Å². The molecule has 0 aromatic heterocycles. The average Bonchev–Trinajstić information content (AvgIpc) is 3.42. The molecule has 276 valence electrons. The molecule has 0 saturated carbocycles. The predicted octanol–water partition coefficient (Wildman–Crippen LogP) is 6.94. The summed E-state index contributed by atoms with van der Waals surface area (Å²) in [5.74, 6) is -3.15. The van der Waals surface area contributed by atoms with E-state index in [0.29, 0.717) is 11.5 Å². The van der Waals surface area contributed by atoms with E-state index in [0.717, 1.165) is 13.8 Å². The van der Waals surface area contributed by atoms with Gasteiger partial charge in [-0.1, -0.05) is 27.0 Å². The molecule has 2 aliphatic rings. The molecule has 0 radical (unpaired) electrons. The third-order valence-electron chi connectivity index (χ3n) is 6.25. The minimum Gasteiger partial charge on any atom is -0.461 e. The zero-order valence-electron chi connectivity index (χ0n) is 25.2. The third kappa shape index (κ3) is 11.7. The average molecular weight is 737 g/mol. The number of aliphatic hydroxyl groups excluding tert-OH is 1. The number of carbonyl (C=O) groups is 2. The number of aliphatic hydroxyl groups is 1. The van der Waals surface area contributed by atoms with E-state index >= 15 is 0 Å². The van der Waals surface area contributed by atoms with Gasteiger partial charge in [0, 0.05) is 35.8 Å². The number of ether oxygens (including phenoxy) is 5. The fourth-order valence-corrected chi connectivity index (χ4v) is 3.84. The van der Waals surface area contributed by atoms with Crippen molar-refractivity contribution < 1.29 is 91.1 Å². The Morgan fingerprint density at radius 2 is 1.09 bits per heavy atom. The topological polar surface area (TPSA) is 101 Å². The van der Waals surface area contributed by atoms with E-state index in [2.05, 4.69) is 32.1 Å². The molecule has 2 rings (SSSR count). The van der Waals surface area contributed by atoms with Crippen LogP contribution in [0.3, 0.4) is 0 Å². The van der Waals surface area contributed by atoms with Crippen LogP contribution in [0.25, 0.3) is 0 Å². The summed E-state index contributed by atoms with van der Waals surface area (Å²) >= 11 is 5.24. The molecular formula is C26H33ClF12O8. The number of hydrogen-bond donors (Lipinski definition) is 1. The molecule has 1 N–H and O–H groups in total. The molecule has 2 aliphatic heterocycles. The van der Waals surface area contributed by atoms with Gasteiger partial charge in [0.05, 0.1) is 12.5 Å². The van der Waals surface area contributed by atoms with Crippen LogP contribution in [0, 0.1) is 11.8 Å². The van der Waals surface area contributed by atoms with Gasteiger partial charge in [-0.3, -0.25) is 0 Å². The summed E-state index contributed by atoms with van der Waals surface area (Å²) in [6.07, 6.45) is -28.8. The Kier molecular flexibility index (Phi) is 16.1. The molecule has 8 nitrogen and oxygen atoms in total. The van der Waals surface area contributed by atoms with E-state index in [1.807, 2.05) is 0 Å². The SMILES string of the molecule is C=C(C)C(=O)OCCCl.C=C(C)C(=O)OCCOC1OC(C(F)(F)F)(C(F)(F)F)CC1C.CC1CC(C(F)(F)F)(C(F)(F)F)OC1O. The van der Waals surface area contributed by atoms with Gasteiger partial charge >= 0.3 is 36.6 Å². The first-order valence-electron chi connectivity index (χ1n) is 13.1. The van der Waals surface area contributed by atoms with Crippen molar-refractivity contribution >= 4 is 23.5 Å². The highest BCUT2D eigenvalue weighted by Crippen LogP contribution is 2.55. The van der Waals surface area contributed by atoms with Crippen molar-refractivity contribution in [3.05, 3.63) is 24.3 Å². The molecule has 0 amide bonds. The second kappa shape index (κ2) is 16.9. The van der Waals surface area contributed by atoms with Crippen molar-refractivity contribution in [1.82, 2.24) is 0 Å². The monoisotopic (exact) mass is 736 g/mol. The van der Waals surface area contributed by atoms with Crippen molar-refractivity contribution in [2.45, 2.75) is 89.0 Å². The standard InChI is InChI=1S/C13H16F6O4.C7H8F6O2.C6H9ClO2/c1-7(2)9(20)21-4-5-22-10-8(3)6-11(23-10,12(14,15)16)13(17,18)19;1-3-2-5(6(8,9)10,7(11,12)13)15-4(3)14;1-5(2)6(8)9-4-3-7/h8,10H,1,4-6H2,2-3H3;3-4,14H,2H2,1H3;1,3-4H2,2H3. The number of alkyl halides is 13. The molecule has 0 spiro atoms. The summed E-state index contributed by atoms with van der Waals surface area (Å²) in [7, 11) is 0. The van der Waals surface area contributed by atoms with Crippen LogP contribution in [0.2, 0.25) is 0 Å². The Balaban J connectivity index is 0.000000753. The lowest BCUT2D eigenvalue weighted by Crippen LogP contribution is -2.56. The quantitative estimate of drug-likeness (QED) is 0.0942. The van der Waals surface area contributed by atoms with Crippen LogP contribution in [0.15, 0.2) is 24.3 Å². The summed E-state index contributed by atoms with van der Waals surface area (Å²) in [5, 5.41) is 8.84. The number of halogens is 13. The lowest BCUT2D eigenvalue weighted by molar-refractivity contribution is -0.388. The highest BCUT2D eigenvalue weighted by atomic mass is 35.5. The minimum absolute atomic E-state index is 0.101. The lowest BCUT2D eigenvalue weighted by Gasteiger charge is -2.33. The van der Waals surface area contributed by atoms with E-state index in [1.54, 1.807) is 6.92 Å². The van der Waals surface area contributed by atoms with Crippen molar-refractivity contribution in [2.75, 3.05) is 25.7 Å². The van der Waals surface area contributed by atoms with Crippen molar-refractivity contribution in [1.29, 1.82) is 0 Å². The Bertz CT molecular complexity index is 1030. The first kappa shape index (κ1) is 44.7. The second-order valence-corrected chi connectivity index (χ2v) is 10.8. The van der Waals surface area contributed by atoms with Crippen molar-refractivity contribution in [3.63, 3.8) is 0 Å². The maximum Gasteiger partial charge on any atom is 0.426 e. The fraction of sp³-hybridized carbons (Fsp3) is 0.769. The molecule has 21 heteroatoms. The Morgan fingerprint density at radius 1 is 0.723 bits per heavy atom. The van der Waals surface area contributed by atoms with Crippen LogP contribution in [0.5, 0.6) is 0 Å². The molecular weight excluding hydrogens is 704 g/mol. The maximum absolute atomic E-state index is 12.9. The summed E-state index contributed by atoms with van der Waals surface area (Å²) in [5.41, 5.74) is -7.99. The van der Waals surface area contributed by atoms with E-state index in [9.17, 15) is 62.3 Å². The molecule has 0 aromatic carbocycles.